The lowest BCUT2D eigenvalue weighted by Crippen LogP contribution is -2.61. The van der Waals surface area contributed by atoms with Crippen molar-refractivity contribution in [2.45, 2.75) is 52.6 Å². The number of nitrogens with one attached hydrogen (secondary N) is 1. The van der Waals surface area contributed by atoms with Crippen molar-refractivity contribution in [1.29, 1.82) is 0 Å². The zero-order chi connectivity index (χ0) is 19.8. The van der Waals surface area contributed by atoms with Gasteiger partial charge in [-0.25, -0.2) is 0 Å². The van der Waals surface area contributed by atoms with E-state index in [2.05, 4.69) is 28.9 Å². The average molecular weight is 386 g/mol. The molecule has 1 aromatic rings. The first-order valence-corrected chi connectivity index (χ1v) is 9.83. The Morgan fingerprint density at radius 3 is 2.33 bits per heavy atom. The number of hydrogen-bond donors (Lipinski definition) is 1. The van der Waals surface area contributed by atoms with Gasteiger partial charge in [-0.15, -0.1) is 0 Å². The summed E-state index contributed by atoms with van der Waals surface area (Å²) >= 11 is 0. The highest BCUT2D eigenvalue weighted by Crippen LogP contribution is 2.41. The Morgan fingerprint density at radius 1 is 1.22 bits per heavy atom. The van der Waals surface area contributed by atoms with Crippen molar-refractivity contribution in [2.75, 3.05) is 32.7 Å². The number of H-pyrrole nitrogens is 1. The van der Waals surface area contributed by atoms with E-state index >= 15 is 0 Å². The maximum absolute atomic E-state index is 13.2. The first-order valence-electron chi connectivity index (χ1n) is 9.83. The number of likely N-dealkylation sites (tertiary alicyclic amines) is 2. The minimum absolute atomic E-state index is 0.115. The molecule has 2 aliphatic rings. The Hall–Kier alpha value is -1.57. The zero-order valence-electron chi connectivity index (χ0n) is 16.3. The molecule has 2 aliphatic heterocycles. The number of aromatic amines is 1. The van der Waals surface area contributed by atoms with Gasteiger partial charge in [0.1, 0.15) is 5.56 Å². The molecule has 1 N–H and O–H groups in total. The number of hydrogen-bond acceptors (Lipinski definition) is 3. The first kappa shape index (κ1) is 20.2. The molecule has 27 heavy (non-hydrogen) atoms. The summed E-state index contributed by atoms with van der Waals surface area (Å²) in [6, 6.07) is 0. The molecule has 0 aromatic carbocycles. The number of piperidine rings is 1. The first-order chi connectivity index (χ1) is 12.7. The molecule has 0 aliphatic carbocycles. The van der Waals surface area contributed by atoms with Crippen LogP contribution in [-0.2, 0) is 6.18 Å². The molecular weight excluding hydrogens is 357 g/mol. The lowest BCUT2D eigenvalue weighted by Gasteiger charge is -2.54. The SMILES string of the molecule is CCC(CC)CN1CC2(CCN(C(=O)c3n[nH]c(C)c3C(F)(F)F)CC2)C1. The van der Waals surface area contributed by atoms with E-state index < -0.39 is 23.3 Å². The summed E-state index contributed by atoms with van der Waals surface area (Å²) in [5.74, 6) is 0.113. The van der Waals surface area contributed by atoms with Gasteiger partial charge in [-0.05, 0) is 31.1 Å². The number of nitrogens with zero attached hydrogens (tertiary/aromatic N) is 3. The Bertz CT molecular complexity index is 665. The fourth-order valence-electron chi connectivity index (χ4n) is 4.52. The highest BCUT2D eigenvalue weighted by molar-refractivity contribution is 5.94. The van der Waals surface area contributed by atoms with Gasteiger partial charge in [0.2, 0.25) is 0 Å². The summed E-state index contributed by atoms with van der Waals surface area (Å²) in [6.07, 6.45) is -0.506. The van der Waals surface area contributed by atoms with Crippen LogP contribution in [0.15, 0.2) is 0 Å². The van der Waals surface area contributed by atoms with Crippen LogP contribution in [0.2, 0.25) is 0 Å². The van der Waals surface area contributed by atoms with Crippen LogP contribution in [0.5, 0.6) is 0 Å². The quantitative estimate of drug-likeness (QED) is 0.839. The number of carbonyl (C=O) groups excluding carboxylic acids is 1. The van der Waals surface area contributed by atoms with Gasteiger partial charge >= 0.3 is 6.18 Å². The largest absolute Gasteiger partial charge is 0.420 e. The van der Waals surface area contributed by atoms with E-state index in [1.165, 1.54) is 24.7 Å². The fraction of sp³-hybridized carbons (Fsp3) is 0.789. The molecule has 8 heteroatoms. The number of halogens is 3. The summed E-state index contributed by atoms with van der Waals surface area (Å²) in [5.41, 5.74) is -1.32. The predicted molar refractivity (Wildman–Crippen MR) is 96.4 cm³/mol. The maximum atomic E-state index is 13.2. The molecule has 2 fully saturated rings. The molecule has 3 heterocycles. The van der Waals surface area contributed by atoms with Gasteiger partial charge in [-0.1, -0.05) is 26.7 Å². The van der Waals surface area contributed by atoms with Crippen LogP contribution in [0.25, 0.3) is 0 Å². The summed E-state index contributed by atoms with van der Waals surface area (Å²) < 4.78 is 39.7. The van der Waals surface area contributed by atoms with E-state index in [0.717, 1.165) is 38.4 Å². The molecule has 2 saturated heterocycles. The number of alkyl halides is 3. The third kappa shape index (κ3) is 4.00. The Labute approximate surface area is 158 Å². The number of carbonyl (C=O) groups is 1. The fourth-order valence-corrected chi connectivity index (χ4v) is 4.52. The van der Waals surface area contributed by atoms with Crippen molar-refractivity contribution in [3.05, 3.63) is 17.0 Å². The van der Waals surface area contributed by atoms with Gasteiger partial charge in [0.05, 0.1) is 0 Å². The van der Waals surface area contributed by atoms with Crippen LogP contribution in [0, 0.1) is 18.3 Å². The molecule has 0 unspecified atom stereocenters. The molecule has 1 aromatic heterocycles. The number of aryl methyl sites for hydroxylation is 1. The van der Waals surface area contributed by atoms with Gasteiger partial charge in [0, 0.05) is 38.4 Å². The van der Waals surface area contributed by atoms with Crippen LogP contribution < -0.4 is 0 Å². The van der Waals surface area contributed by atoms with E-state index in [9.17, 15) is 18.0 Å². The summed E-state index contributed by atoms with van der Waals surface area (Å²) in [4.78, 5) is 16.6. The Balaban J connectivity index is 1.57. The van der Waals surface area contributed by atoms with Crippen LogP contribution in [0.3, 0.4) is 0 Å². The highest BCUT2D eigenvalue weighted by atomic mass is 19.4. The molecule has 0 radical (unpaired) electrons. The van der Waals surface area contributed by atoms with Crippen LogP contribution in [-0.4, -0.2) is 58.6 Å². The molecule has 152 valence electrons. The molecule has 0 atom stereocenters. The van der Waals surface area contributed by atoms with Gasteiger partial charge in [-0.3, -0.25) is 9.89 Å². The van der Waals surface area contributed by atoms with E-state index in [1.807, 2.05) is 0 Å². The summed E-state index contributed by atoms with van der Waals surface area (Å²) in [6.45, 7) is 9.95. The minimum atomic E-state index is -4.58. The third-order valence-corrected chi connectivity index (χ3v) is 6.33. The average Bonchev–Trinajstić information content (AvgIpc) is 2.99. The topological polar surface area (TPSA) is 52.2 Å². The summed E-state index contributed by atoms with van der Waals surface area (Å²) in [5, 5.41) is 5.96. The standard InChI is InChI=1S/C19H29F3N4O/c1-4-14(5-2)10-25-11-18(12-25)6-8-26(9-7-18)17(27)16-15(19(20,21)22)13(3)23-24-16/h14H,4-12H2,1-3H3,(H,23,24). The van der Waals surface area contributed by atoms with Crippen molar-refractivity contribution in [3.63, 3.8) is 0 Å². The van der Waals surface area contributed by atoms with E-state index in [0.29, 0.717) is 13.1 Å². The van der Waals surface area contributed by atoms with Gasteiger partial charge < -0.3 is 9.80 Å². The zero-order valence-corrected chi connectivity index (χ0v) is 16.3. The number of aromatic nitrogens is 2. The van der Waals surface area contributed by atoms with Crippen LogP contribution >= 0.6 is 0 Å². The molecule has 1 spiro atoms. The van der Waals surface area contributed by atoms with Crippen molar-refractivity contribution in [2.24, 2.45) is 11.3 Å². The van der Waals surface area contributed by atoms with E-state index in [4.69, 9.17) is 0 Å². The number of rotatable bonds is 5. The summed E-state index contributed by atoms with van der Waals surface area (Å²) in [7, 11) is 0. The van der Waals surface area contributed by atoms with Crippen molar-refractivity contribution < 1.29 is 18.0 Å². The van der Waals surface area contributed by atoms with Crippen molar-refractivity contribution in [1.82, 2.24) is 20.0 Å². The normalized spacial score (nSPS) is 20.3. The van der Waals surface area contributed by atoms with Gasteiger partial charge in [0.25, 0.3) is 5.91 Å². The number of amides is 1. The molecule has 0 bridgehead atoms. The smallest absolute Gasteiger partial charge is 0.337 e. The van der Waals surface area contributed by atoms with Crippen LogP contribution in [0.1, 0.15) is 61.3 Å². The highest BCUT2D eigenvalue weighted by Gasteiger charge is 2.47. The van der Waals surface area contributed by atoms with E-state index in [-0.39, 0.29) is 11.1 Å². The van der Waals surface area contributed by atoms with Gasteiger partial charge in [0.15, 0.2) is 5.69 Å². The van der Waals surface area contributed by atoms with E-state index in [1.54, 1.807) is 0 Å². The lowest BCUT2D eigenvalue weighted by molar-refractivity contribution is -0.138. The lowest BCUT2D eigenvalue weighted by atomic mass is 9.71. The monoisotopic (exact) mass is 386 g/mol. The van der Waals surface area contributed by atoms with Gasteiger partial charge in [-0.2, -0.15) is 18.3 Å². The molecular formula is C19H29F3N4O. The predicted octanol–water partition coefficient (Wildman–Crippen LogP) is 3.71. The van der Waals surface area contributed by atoms with Crippen molar-refractivity contribution >= 4 is 5.91 Å². The second kappa shape index (κ2) is 7.45. The molecule has 3 rings (SSSR count). The maximum Gasteiger partial charge on any atom is 0.420 e. The Kier molecular flexibility index (Phi) is 5.57. The second-order valence-electron chi connectivity index (χ2n) is 8.21. The molecule has 1 amide bonds. The molecule has 0 saturated carbocycles. The third-order valence-electron chi connectivity index (χ3n) is 6.33. The van der Waals surface area contributed by atoms with Crippen molar-refractivity contribution in [3.8, 4) is 0 Å². The second-order valence-corrected chi connectivity index (χ2v) is 8.21. The molecule has 5 nitrogen and oxygen atoms in total. The van der Waals surface area contributed by atoms with Crippen LogP contribution in [0.4, 0.5) is 13.2 Å². The minimum Gasteiger partial charge on any atom is -0.337 e. The Morgan fingerprint density at radius 2 is 1.81 bits per heavy atom.